The van der Waals surface area contributed by atoms with Crippen molar-refractivity contribution in [2.24, 2.45) is 11.7 Å². The van der Waals surface area contributed by atoms with Crippen LogP contribution >= 0.6 is 0 Å². The molecule has 0 aromatic carbocycles. The molecule has 1 aromatic heterocycles. The van der Waals surface area contributed by atoms with Crippen LogP contribution in [0.4, 0.5) is 0 Å². The van der Waals surface area contributed by atoms with E-state index in [-0.39, 0.29) is 11.8 Å². The molecule has 0 bridgehead atoms. The molecular formula is C7H11N3O. The average Bonchev–Trinajstić information content (AvgIpc) is 2.39. The lowest BCUT2D eigenvalue weighted by molar-refractivity contribution is -0.121. The van der Waals surface area contributed by atoms with Crippen molar-refractivity contribution in [3.8, 4) is 0 Å². The Morgan fingerprint density at radius 1 is 1.91 bits per heavy atom. The number of carbonyl (C=O) groups is 1. The van der Waals surface area contributed by atoms with Crippen LogP contribution in [0.3, 0.4) is 0 Å². The SMILES string of the molecule is C[C@H](Cc1cnc[nH]1)C(N)=O. The molecule has 0 aliphatic carbocycles. The van der Waals surface area contributed by atoms with E-state index in [1.54, 1.807) is 19.4 Å². The molecule has 0 aliphatic heterocycles. The van der Waals surface area contributed by atoms with E-state index in [1.165, 1.54) is 0 Å². The van der Waals surface area contributed by atoms with Gasteiger partial charge in [-0.15, -0.1) is 0 Å². The highest BCUT2D eigenvalue weighted by Gasteiger charge is 2.09. The number of H-pyrrole nitrogens is 1. The number of nitrogens with zero attached hydrogens (tertiary/aromatic N) is 1. The van der Waals surface area contributed by atoms with Gasteiger partial charge in [0.15, 0.2) is 0 Å². The van der Waals surface area contributed by atoms with E-state index in [9.17, 15) is 4.79 Å². The predicted octanol–water partition coefficient (Wildman–Crippen LogP) is 0.0736. The Hall–Kier alpha value is -1.32. The summed E-state index contributed by atoms with van der Waals surface area (Å²) in [5, 5.41) is 0. The minimum atomic E-state index is -0.278. The Morgan fingerprint density at radius 3 is 3.09 bits per heavy atom. The van der Waals surface area contributed by atoms with Gasteiger partial charge in [0, 0.05) is 24.2 Å². The second kappa shape index (κ2) is 3.18. The molecule has 1 aromatic rings. The summed E-state index contributed by atoms with van der Waals surface area (Å²) in [6.07, 6.45) is 3.91. The Labute approximate surface area is 64.8 Å². The number of aromatic nitrogens is 2. The number of imidazole rings is 1. The number of nitrogens with one attached hydrogen (secondary N) is 1. The summed E-state index contributed by atoms with van der Waals surface area (Å²) < 4.78 is 0. The van der Waals surface area contributed by atoms with Crippen molar-refractivity contribution in [1.82, 2.24) is 9.97 Å². The highest BCUT2D eigenvalue weighted by Crippen LogP contribution is 2.03. The molecule has 0 radical (unpaired) electrons. The molecule has 4 nitrogen and oxygen atoms in total. The van der Waals surface area contributed by atoms with E-state index >= 15 is 0 Å². The van der Waals surface area contributed by atoms with Crippen molar-refractivity contribution < 1.29 is 4.79 Å². The fourth-order valence-electron chi connectivity index (χ4n) is 0.827. The molecule has 1 heterocycles. The minimum Gasteiger partial charge on any atom is -0.369 e. The zero-order valence-corrected chi connectivity index (χ0v) is 6.37. The number of amides is 1. The third kappa shape index (κ3) is 2.07. The van der Waals surface area contributed by atoms with E-state index in [2.05, 4.69) is 9.97 Å². The molecule has 0 aliphatic rings. The fourth-order valence-corrected chi connectivity index (χ4v) is 0.827. The molecule has 0 saturated heterocycles. The summed E-state index contributed by atoms with van der Waals surface area (Å²) in [7, 11) is 0. The van der Waals surface area contributed by atoms with Crippen molar-refractivity contribution in [3.63, 3.8) is 0 Å². The van der Waals surface area contributed by atoms with E-state index in [4.69, 9.17) is 5.73 Å². The molecule has 3 N–H and O–H groups in total. The predicted molar refractivity (Wildman–Crippen MR) is 40.7 cm³/mol. The van der Waals surface area contributed by atoms with Gasteiger partial charge < -0.3 is 10.7 Å². The smallest absolute Gasteiger partial charge is 0.220 e. The Morgan fingerprint density at radius 2 is 2.64 bits per heavy atom. The van der Waals surface area contributed by atoms with Gasteiger partial charge in [0.05, 0.1) is 6.33 Å². The van der Waals surface area contributed by atoms with Crippen molar-refractivity contribution in [3.05, 3.63) is 18.2 Å². The van der Waals surface area contributed by atoms with Gasteiger partial charge in [-0.05, 0) is 0 Å². The maximum absolute atomic E-state index is 10.6. The van der Waals surface area contributed by atoms with Gasteiger partial charge in [-0.2, -0.15) is 0 Å². The molecule has 60 valence electrons. The van der Waals surface area contributed by atoms with Crippen LogP contribution in [0.1, 0.15) is 12.6 Å². The molecule has 4 heteroatoms. The van der Waals surface area contributed by atoms with Gasteiger partial charge in [-0.3, -0.25) is 4.79 Å². The van der Waals surface area contributed by atoms with Crippen LogP contribution in [0, 0.1) is 5.92 Å². The lowest BCUT2D eigenvalue weighted by Crippen LogP contribution is -2.22. The third-order valence-electron chi connectivity index (χ3n) is 1.57. The summed E-state index contributed by atoms with van der Waals surface area (Å²) in [4.78, 5) is 17.3. The fraction of sp³-hybridized carbons (Fsp3) is 0.429. The second-order valence-corrected chi connectivity index (χ2v) is 2.58. The monoisotopic (exact) mass is 153 g/mol. The molecular weight excluding hydrogens is 142 g/mol. The van der Waals surface area contributed by atoms with Crippen molar-refractivity contribution >= 4 is 5.91 Å². The van der Waals surface area contributed by atoms with Gasteiger partial charge in [-0.1, -0.05) is 6.92 Å². The van der Waals surface area contributed by atoms with Crippen LogP contribution in [0.2, 0.25) is 0 Å². The average molecular weight is 153 g/mol. The number of aromatic amines is 1. The lowest BCUT2D eigenvalue weighted by atomic mass is 10.1. The van der Waals surface area contributed by atoms with Gasteiger partial charge >= 0.3 is 0 Å². The number of hydrogen-bond acceptors (Lipinski definition) is 2. The topological polar surface area (TPSA) is 71.8 Å². The first-order chi connectivity index (χ1) is 5.20. The van der Waals surface area contributed by atoms with Crippen molar-refractivity contribution in [2.75, 3.05) is 0 Å². The van der Waals surface area contributed by atoms with Gasteiger partial charge in [0.2, 0.25) is 5.91 Å². The standard InChI is InChI=1S/C7H11N3O/c1-5(7(8)11)2-6-3-9-4-10-6/h3-5H,2H2,1H3,(H2,8,11)(H,9,10)/t5-/m1/s1. The van der Waals surface area contributed by atoms with Crippen molar-refractivity contribution in [2.45, 2.75) is 13.3 Å². The maximum atomic E-state index is 10.6. The van der Waals surface area contributed by atoms with Gasteiger partial charge in [-0.25, -0.2) is 4.98 Å². The summed E-state index contributed by atoms with van der Waals surface area (Å²) in [5.74, 6) is -0.407. The van der Waals surface area contributed by atoms with Crippen molar-refractivity contribution in [1.29, 1.82) is 0 Å². The first kappa shape index (κ1) is 7.78. The van der Waals surface area contributed by atoms with E-state index in [0.29, 0.717) is 6.42 Å². The largest absolute Gasteiger partial charge is 0.369 e. The molecule has 1 amide bonds. The number of primary amides is 1. The Kier molecular flexibility index (Phi) is 2.25. The van der Waals surface area contributed by atoms with Gasteiger partial charge in [0.25, 0.3) is 0 Å². The quantitative estimate of drug-likeness (QED) is 0.645. The maximum Gasteiger partial charge on any atom is 0.220 e. The number of nitrogens with two attached hydrogens (primary N) is 1. The van der Waals surface area contributed by atoms with E-state index in [1.807, 2.05) is 0 Å². The van der Waals surface area contributed by atoms with Crippen LogP contribution < -0.4 is 5.73 Å². The number of rotatable bonds is 3. The summed E-state index contributed by atoms with van der Waals surface area (Å²) in [6.45, 7) is 1.79. The minimum absolute atomic E-state index is 0.129. The lowest BCUT2D eigenvalue weighted by Gasteiger charge is -2.02. The first-order valence-electron chi connectivity index (χ1n) is 3.46. The summed E-state index contributed by atoms with van der Waals surface area (Å²) in [5.41, 5.74) is 6.02. The zero-order valence-electron chi connectivity index (χ0n) is 6.37. The summed E-state index contributed by atoms with van der Waals surface area (Å²) in [6, 6.07) is 0. The molecule has 11 heavy (non-hydrogen) atoms. The summed E-state index contributed by atoms with van der Waals surface area (Å²) >= 11 is 0. The van der Waals surface area contributed by atoms with Crippen LogP contribution in [0.15, 0.2) is 12.5 Å². The number of carbonyl (C=O) groups excluding carboxylic acids is 1. The second-order valence-electron chi connectivity index (χ2n) is 2.58. The van der Waals surface area contributed by atoms with Gasteiger partial charge in [0.1, 0.15) is 0 Å². The van der Waals surface area contributed by atoms with Crippen LogP contribution in [0.25, 0.3) is 0 Å². The van der Waals surface area contributed by atoms with Crippen LogP contribution in [-0.2, 0) is 11.2 Å². The van der Waals surface area contributed by atoms with Crippen LogP contribution in [-0.4, -0.2) is 15.9 Å². The zero-order chi connectivity index (χ0) is 8.27. The Balaban J connectivity index is 2.50. The molecule has 0 fully saturated rings. The first-order valence-corrected chi connectivity index (χ1v) is 3.46. The van der Waals surface area contributed by atoms with Crippen LogP contribution in [0.5, 0.6) is 0 Å². The molecule has 0 saturated carbocycles. The highest BCUT2D eigenvalue weighted by molar-refractivity contribution is 5.76. The molecule has 1 rings (SSSR count). The van der Waals surface area contributed by atoms with E-state index < -0.39 is 0 Å². The normalized spacial score (nSPS) is 12.8. The Bertz CT molecular complexity index is 230. The van der Waals surface area contributed by atoms with E-state index in [0.717, 1.165) is 5.69 Å². The highest BCUT2D eigenvalue weighted by atomic mass is 16.1. The molecule has 0 unspecified atom stereocenters. The number of hydrogen-bond donors (Lipinski definition) is 2. The third-order valence-corrected chi connectivity index (χ3v) is 1.57. The molecule has 1 atom stereocenters. The molecule has 0 spiro atoms.